The molecule has 0 saturated carbocycles. The van der Waals surface area contributed by atoms with Crippen LogP contribution in [0.5, 0.6) is 0 Å². The highest BCUT2D eigenvalue weighted by atomic mass is 16.1. The van der Waals surface area contributed by atoms with Crippen LogP contribution in [0.1, 0.15) is 19.8 Å². The van der Waals surface area contributed by atoms with Crippen LogP contribution < -0.4 is 5.32 Å². The molecule has 0 aliphatic heterocycles. The fourth-order valence-corrected chi connectivity index (χ4v) is 0.950. The Kier molecular flexibility index (Phi) is 6.38. The number of allylic oxidation sites excluding steroid dienone is 1. The zero-order chi connectivity index (χ0) is 9.40. The lowest BCUT2D eigenvalue weighted by molar-refractivity contribution is -0.116. The number of carbonyl (C=O) groups is 1. The average molecular weight is 170 g/mol. The van der Waals surface area contributed by atoms with Gasteiger partial charge in [-0.1, -0.05) is 19.9 Å². The van der Waals surface area contributed by atoms with Crippen molar-refractivity contribution in [3.05, 3.63) is 12.3 Å². The van der Waals surface area contributed by atoms with Crippen molar-refractivity contribution >= 4 is 6.41 Å². The quantitative estimate of drug-likeness (QED) is 0.578. The molecule has 0 aromatic carbocycles. The molecule has 1 amide bonds. The Morgan fingerprint density at radius 3 is 2.75 bits per heavy atom. The Balaban J connectivity index is 3.79. The van der Waals surface area contributed by atoms with E-state index in [1.807, 2.05) is 7.05 Å². The van der Waals surface area contributed by atoms with E-state index in [9.17, 15) is 4.79 Å². The molecule has 0 saturated heterocycles. The van der Waals surface area contributed by atoms with Crippen LogP contribution in [0.3, 0.4) is 0 Å². The number of likely N-dealkylation sites (N-methyl/N-ethyl adjacent to an activating group) is 1. The van der Waals surface area contributed by atoms with Crippen molar-refractivity contribution in [2.24, 2.45) is 0 Å². The maximum absolute atomic E-state index is 10.6. The fourth-order valence-electron chi connectivity index (χ4n) is 0.950. The van der Waals surface area contributed by atoms with Crippen LogP contribution in [0, 0.1) is 0 Å². The maximum Gasteiger partial charge on any atom is 0.213 e. The molecule has 70 valence electrons. The highest BCUT2D eigenvalue weighted by Crippen LogP contribution is 2.05. The van der Waals surface area contributed by atoms with Gasteiger partial charge in [0.15, 0.2) is 0 Å². The molecular formula is C9H18N2O. The summed E-state index contributed by atoms with van der Waals surface area (Å²) in [6.45, 7) is 7.43. The molecule has 0 aliphatic carbocycles. The Morgan fingerprint density at radius 2 is 2.33 bits per heavy atom. The molecule has 0 bridgehead atoms. The molecule has 0 unspecified atom stereocenters. The molecule has 12 heavy (non-hydrogen) atoms. The van der Waals surface area contributed by atoms with Gasteiger partial charge in [-0.15, -0.1) is 0 Å². The van der Waals surface area contributed by atoms with Gasteiger partial charge in [0, 0.05) is 18.8 Å². The van der Waals surface area contributed by atoms with E-state index >= 15 is 0 Å². The molecule has 3 heteroatoms. The second kappa shape index (κ2) is 6.85. The van der Waals surface area contributed by atoms with Gasteiger partial charge in [0.25, 0.3) is 0 Å². The Labute approximate surface area is 74.4 Å². The van der Waals surface area contributed by atoms with Crippen LogP contribution in [0.25, 0.3) is 0 Å². The maximum atomic E-state index is 10.6. The van der Waals surface area contributed by atoms with Crippen molar-refractivity contribution < 1.29 is 4.79 Å². The zero-order valence-electron chi connectivity index (χ0n) is 7.97. The van der Waals surface area contributed by atoms with E-state index < -0.39 is 0 Å². The summed E-state index contributed by atoms with van der Waals surface area (Å²) >= 11 is 0. The van der Waals surface area contributed by atoms with Crippen molar-refractivity contribution in [1.82, 2.24) is 10.2 Å². The van der Waals surface area contributed by atoms with Gasteiger partial charge in [0.1, 0.15) is 0 Å². The van der Waals surface area contributed by atoms with Crippen molar-refractivity contribution in [3.63, 3.8) is 0 Å². The van der Waals surface area contributed by atoms with E-state index in [0.29, 0.717) is 6.54 Å². The summed E-state index contributed by atoms with van der Waals surface area (Å²) in [5.74, 6) is 0. The predicted molar refractivity (Wildman–Crippen MR) is 50.7 cm³/mol. The van der Waals surface area contributed by atoms with Crippen molar-refractivity contribution in [3.8, 4) is 0 Å². The van der Waals surface area contributed by atoms with Crippen LogP contribution in [-0.2, 0) is 4.79 Å². The minimum absolute atomic E-state index is 0.707. The summed E-state index contributed by atoms with van der Waals surface area (Å²) in [5, 5.41) is 2.99. The van der Waals surface area contributed by atoms with E-state index in [1.54, 1.807) is 4.90 Å². The van der Waals surface area contributed by atoms with Crippen molar-refractivity contribution in [2.75, 3.05) is 20.1 Å². The summed E-state index contributed by atoms with van der Waals surface area (Å²) in [6.07, 6.45) is 2.76. The lowest BCUT2D eigenvalue weighted by Crippen LogP contribution is -2.28. The average Bonchev–Trinajstić information content (AvgIpc) is 2.06. The van der Waals surface area contributed by atoms with Gasteiger partial charge >= 0.3 is 0 Å². The van der Waals surface area contributed by atoms with E-state index in [2.05, 4.69) is 18.8 Å². The second-order valence-electron chi connectivity index (χ2n) is 2.72. The predicted octanol–water partition coefficient (Wildman–Crippen LogP) is 0.978. The second-order valence-corrected chi connectivity index (χ2v) is 2.72. The molecule has 0 atom stereocenters. The standard InChI is InChI=1S/C9H18N2O/c1-4-5-9(2)11(8-12)7-6-10-3/h8,10H,2,4-7H2,1,3H3. The Morgan fingerprint density at radius 1 is 1.67 bits per heavy atom. The molecular weight excluding hydrogens is 152 g/mol. The number of amides is 1. The highest BCUT2D eigenvalue weighted by molar-refractivity contribution is 5.50. The normalized spacial score (nSPS) is 9.50. The highest BCUT2D eigenvalue weighted by Gasteiger charge is 2.03. The topological polar surface area (TPSA) is 32.3 Å². The number of nitrogens with zero attached hydrogens (tertiary/aromatic N) is 1. The van der Waals surface area contributed by atoms with Crippen LogP contribution in [0.15, 0.2) is 12.3 Å². The first-order valence-corrected chi connectivity index (χ1v) is 4.30. The summed E-state index contributed by atoms with van der Waals surface area (Å²) < 4.78 is 0. The van der Waals surface area contributed by atoms with Crippen LogP contribution in [-0.4, -0.2) is 31.4 Å². The smallest absolute Gasteiger partial charge is 0.213 e. The molecule has 0 heterocycles. The molecule has 0 aromatic rings. The largest absolute Gasteiger partial charge is 0.318 e. The Hall–Kier alpha value is -0.830. The summed E-state index contributed by atoms with van der Waals surface area (Å²) in [5.41, 5.74) is 0.905. The SMILES string of the molecule is C=C(CCC)N(C=O)CCNC. The summed E-state index contributed by atoms with van der Waals surface area (Å²) in [7, 11) is 1.87. The minimum Gasteiger partial charge on any atom is -0.318 e. The van der Waals surface area contributed by atoms with E-state index in [-0.39, 0.29) is 0 Å². The summed E-state index contributed by atoms with van der Waals surface area (Å²) in [6, 6.07) is 0. The van der Waals surface area contributed by atoms with Crippen molar-refractivity contribution in [2.45, 2.75) is 19.8 Å². The van der Waals surface area contributed by atoms with Gasteiger partial charge in [-0.2, -0.15) is 0 Å². The number of hydrogen-bond acceptors (Lipinski definition) is 2. The molecule has 0 spiro atoms. The first kappa shape index (κ1) is 11.2. The van der Waals surface area contributed by atoms with Gasteiger partial charge in [-0.05, 0) is 13.5 Å². The van der Waals surface area contributed by atoms with Gasteiger partial charge in [0.05, 0.1) is 0 Å². The molecule has 1 N–H and O–H groups in total. The number of nitrogens with one attached hydrogen (secondary N) is 1. The molecule has 0 radical (unpaired) electrons. The lowest BCUT2D eigenvalue weighted by Gasteiger charge is -2.18. The van der Waals surface area contributed by atoms with Gasteiger partial charge in [-0.3, -0.25) is 4.79 Å². The number of carbonyl (C=O) groups excluding carboxylic acids is 1. The zero-order valence-corrected chi connectivity index (χ0v) is 7.97. The number of hydrogen-bond donors (Lipinski definition) is 1. The van der Waals surface area contributed by atoms with Crippen LogP contribution >= 0.6 is 0 Å². The third kappa shape index (κ3) is 4.13. The fraction of sp³-hybridized carbons (Fsp3) is 0.667. The first-order chi connectivity index (χ1) is 5.76. The van der Waals surface area contributed by atoms with E-state index in [1.165, 1.54) is 0 Å². The summed E-state index contributed by atoms with van der Waals surface area (Å²) in [4.78, 5) is 12.2. The molecule has 0 fully saturated rings. The van der Waals surface area contributed by atoms with Gasteiger partial charge < -0.3 is 10.2 Å². The minimum atomic E-state index is 0.707. The van der Waals surface area contributed by atoms with Crippen LogP contribution in [0.4, 0.5) is 0 Å². The Bertz CT molecular complexity index is 145. The van der Waals surface area contributed by atoms with Gasteiger partial charge in [0.2, 0.25) is 6.41 Å². The van der Waals surface area contributed by atoms with Crippen LogP contribution in [0.2, 0.25) is 0 Å². The number of rotatable bonds is 7. The van der Waals surface area contributed by atoms with E-state index in [0.717, 1.165) is 31.5 Å². The van der Waals surface area contributed by atoms with E-state index in [4.69, 9.17) is 0 Å². The molecule has 0 aromatic heterocycles. The lowest BCUT2D eigenvalue weighted by atomic mass is 10.2. The molecule has 0 aliphatic rings. The monoisotopic (exact) mass is 170 g/mol. The van der Waals surface area contributed by atoms with Gasteiger partial charge in [-0.25, -0.2) is 0 Å². The first-order valence-electron chi connectivity index (χ1n) is 4.30. The molecule has 0 rings (SSSR count). The third-order valence-electron chi connectivity index (χ3n) is 1.67. The van der Waals surface area contributed by atoms with Crippen molar-refractivity contribution in [1.29, 1.82) is 0 Å². The third-order valence-corrected chi connectivity index (χ3v) is 1.67. The molecule has 3 nitrogen and oxygen atoms in total.